The molecule has 32 heavy (non-hydrogen) atoms. The van der Waals surface area contributed by atoms with Gasteiger partial charge in [0.05, 0.1) is 5.41 Å². The van der Waals surface area contributed by atoms with Crippen LogP contribution in [0, 0.1) is 6.08 Å². The summed E-state index contributed by atoms with van der Waals surface area (Å²) in [7, 11) is 0. The molecule has 0 unspecified atom stereocenters. The van der Waals surface area contributed by atoms with Gasteiger partial charge in [0.2, 0.25) is 0 Å². The quantitative estimate of drug-likeness (QED) is 0.300. The molecule has 4 aromatic rings. The highest BCUT2D eigenvalue weighted by Gasteiger charge is 2.44. The minimum atomic E-state index is -0.459. The molecule has 0 nitrogen and oxygen atoms in total. The van der Waals surface area contributed by atoms with Crippen molar-refractivity contribution in [2.75, 3.05) is 0 Å². The van der Waals surface area contributed by atoms with Gasteiger partial charge in [-0.3, -0.25) is 0 Å². The summed E-state index contributed by atoms with van der Waals surface area (Å²) in [6.07, 6.45) is 6.16. The summed E-state index contributed by atoms with van der Waals surface area (Å²) in [6.45, 7) is 2.25. The molecule has 155 valence electrons. The Kier molecular flexibility index (Phi) is 5.60. The zero-order valence-corrected chi connectivity index (χ0v) is 18.5. The molecule has 0 atom stereocenters. The van der Waals surface area contributed by atoms with Crippen molar-refractivity contribution in [3.8, 4) is 0 Å². The molecule has 0 aromatic heterocycles. The van der Waals surface area contributed by atoms with Crippen molar-refractivity contribution in [1.82, 2.24) is 0 Å². The van der Waals surface area contributed by atoms with Crippen LogP contribution in [-0.4, -0.2) is 0 Å². The Balaban J connectivity index is 1.93. The van der Waals surface area contributed by atoms with Gasteiger partial charge in [-0.15, -0.1) is 0 Å². The van der Waals surface area contributed by atoms with Gasteiger partial charge in [0.15, 0.2) is 0 Å². The lowest BCUT2D eigenvalue weighted by molar-refractivity contribution is 0.811. The number of hydrogen-bond donors (Lipinski definition) is 0. The Hall–Kier alpha value is -3.64. The van der Waals surface area contributed by atoms with Crippen molar-refractivity contribution in [2.45, 2.75) is 25.2 Å². The molecule has 0 bridgehead atoms. The summed E-state index contributed by atoms with van der Waals surface area (Å²) in [6, 6.07) is 43.5. The number of hydrogen-bond acceptors (Lipinski definition) is 0. The minimum absolute atomic E-state index is 0.459. The Labute approximate surface area is 191 Å². The van der Waals surface area contributed by atoms with E-state index < -0.39 is 5.41 Å². The van der Waals surface area contributed by atoms with Crippen molar-refractivity contribution in [3.63, 3.8) is 0 Å². The summed E-state index contributed by atoms with van der Waals surface area (Å²) in [4.78, 5) is 0. The molecule has 0 N–H and O–H groups in total. The first-order valence-corrected chi connectivity index (χ1v) is 11.5. The summed E-state index contributed by atoms with van der Waals surface area (Å²) < 4.78 is 0. The zero-order chi connectivity index (χ0) is 21.8. The van der Waals surface area contributed by atoms with Crippen LogP contribution in [0.3, 0.4) is 0 Å². The smallest absolute Gasteiger partial charge is 0.0651 e. The van der Waals surface area contributed by atoms with E-state index in [2.05, 4.69) is 134 Å². The van der Waals surface area contributed by atoms with Crippen LogP contribution in [0.15, 0.2) is 127 Å². The van der Waals surface area contributed by atoms with Gasteiger partial charge in [0.25, 0.3) is 0 Å². The minimum Gasteiger partial charge on any atom is -0.0651 e. The van der Waals surface area contributed by atoms with Crippen LogP contribution in [0.4, 0.5) is 0 Å². The Morgan fingerprint density at radius 1 is 0.562 bits per heavy atom. The average Bonchev–Trinajstić information content (AvgIpc) is 3.22. The summed E-state index contributed by atoms with van der Waals surface area (Å²) in [5.41, 5.74) is 8.52. The van der Waals surface area contributed by atoms with E-state index in [-0.39, 0.29) is 0 Å². The van der Waals surface area contributed by atoms with Gasteiger partial charge in [-0.25, -0.2) is 0 Å². The first-order valence-electron chi connectivity index (χ1n) is 11.5. The molecule has 1 aliphatic rings. The fraction of sp³-hybridized carbons (Fsp3) is 0.125. The highest BCUT2D eigenvalue weighted by Crippen LogP contribution is 2.55. The SMILES string of the molecule is CCCC1=[C]C(c2ccccc2)(c2ccccc2)C(c2ccccc2)=C1c1ccccc1. The molecule has 0 heterocycles. The number of allylic oxidation sites excluding steroid dienone is 4. The van der Waals surface area contributed by atoms with Crippen LogP contribution in [0.25, 0.3) is 11.1 Å². The van der Waals surface area contributed by atoms with Crippen LogP contribution in [0.1, 0.15) is 42.0 Å². The van der Waals surface area contributed by atoms with Crippen molar-refractivity contribution < 1.29 is 0 Å². The summed E-state index contributed by atoms with van der Waals surface area (Å²) >= 11 is 0. The molecule has 0 saturated heterocycles. The van der Waals surface area contributed by atoms with Crippen molar-refractivity contribution in [1.29, 1.82) is 0 Å². The van der Waals surface area contributed by atoms with E-state index >= 15 is 0 Å². The second kappa shape index (κ2) is 8.85. The second-order valence-corrected chi connectivity index (χ2v) is 8.32. The molecule has 0 heteroatoms. The zero-order valence-electron chi connectivity index (χ0n) is 18.5. The maximum Gasteiger partial charge on any atom is 0.0719 e. The number of rotatable bonds is 6. The molecular formula is C32H27. The van der Waals surface area contributed by atoms with Crippen LogP contribution in [-0.2, 0) is 5.41 Å². The standard InChI is InChI=1S/C32H27/c1-2-15-27-24-32(28-20-11-5-12-21-28,29-22-13-6-14-23-29)31(26-18-9-4-10-19-26)30(27)25-16-7-3-8-17-25/h3-14,16-23H,2,15H2,1H3. The van der Waals surface area contributed by atoms with E-state index in [1.165, 1.54) is 39.0 Å². The van der Waals surface area contributed by atoms with Crippen LogP contribution >= 0.6 is 0 Å². The predicted octanol–water partition coefficient (Wildman–Crippen LogP) is 8.13. The van der Waals surface area contributed by atoms with Crippen LogP contribution < -0.4 is 0 Å². The molecule has 0 aliphatic heterocycles. The van der Waals surface area contributed by atoms with Crippen LogP contribution in [0.5, 0.6) is 0 Å². The van der Waals surface area contributed by atoms with Crippen molar-refractivity contribution in [3.05, 3.63) is 155 Å². The molecule has 1 radical (unpaired) electrons. The maximum atomic E-state index is 4.08. The van der Waals surface area contributed by atoms with Gasteiger partial charge >= 0.3 is 0 Å². The Morgan fingerprint density at radius 3 is 1.47 bits per heavy atom. The molecule has 0 saturated carbocycles. The average molecular weight is 412 g/mol. The molecule has 0 fully saturated rings. The molecular weight excluding hydrogens is 384 g/mol. The fourth-order valence-corrected chi connectivity index (χ4v) is 4.99. The van der Waals surface area contributed by atoms with E-state index in [1.807, 2.05) is 0 Å². The first kappa shape index (κ1) is 20.3. The molecule has 4 aromatic carbocycles. The number of benzene rings is 4. The lowest BCUT2D eigenvalue weighted by Crippen LogP contribution is -2.26. The predicted molar refractivity (Wildman–Crippen MR) is 135 cm³/mol. The topological polar surface area (TPSA) is 0 Å². The van der Waals surface area contributed by atoms with Gasteiger partial charge < -0.3 is 0 Å². The van der Waals surface area contributed by atoms with Crippen molar-refractivity contribution >= 4 is 11.1 Å². The van der Waals surface area contributed by atoms with E-state index in [0.717, 1.165) is 12.8 Å². The molecule has 1 aliphatic carbocycles. The lowest BCUT2D eigenvalue weighted by atomic mass is 9.68. The monoisotopic (exact) mass is 411 g/mol. The van der Waals surface area contributed by atoms with E-state index in [4.69, 9.17) is 0 Å². The largest absolute Gasteiger partial charge is 0.0719 e. The van der Waals surface area contributed by atoms with Gasteiger partial charge in [-0.05, 0) is 51.5 Å². The summed E-state index contributed by atoms with van der Waals surface area (Å²) in [5, 5.41) is 0. The third-order valence-corrected chi connectivity index (χ3v) is 6.30. The third-order valence-electron chi connectivity index (χ3n) is 6.30. The van der Waals surface area contributed by atoms with Crippen molar-refractivity contribution in [2.24, 2.45) is 0 Å². The Morgan fingerprint density at radius 2 is 1.00 bits per heavy atom. The van der Waals surface area contributed by atoms with E-state index in [1.54, 1.807) is 0 Å². The van der Waals surface area contributed by atoms with Gasteiger partial charge in [0.1, 0.15) is 0 Å². The normalized spacial score (nSPS) is 15.0. The summed E-state index contributed by atoms with van der Waals surface area (Å²) in [5.74, 6) is 0. The highest BCUT2D eigenvalue weighted by molar-refractivity contribution is 6.07. The second-order valence-electron chi connectivity index (χ2n) is 8.32. The Bertz CT molecular complexity index is 1190. The van der Waals surface area contributed by atoms with E-state index in [0.29, 0.717) is 0 Å². The first-order chi connectivity index (χ1) is 15.8. The van der Waals surface area contributed by atoms with Gasteiger partial charge in [-0.2, -0.15) is 0 Å². The maximum absolute atomic E-state index is 4.08. The molecule has 0 spiro atoms. The van der Waals surface area contributed by atoms with Crippen LogP contribution in [0.2, 0.25) is 0 Å². The van der Waals surface area contributed by atoms with Gasteiger partial charge in [0, 0.05) is 0 Å². The molecule has 5 rings (SSSR count). The van der Waals surface area contributed by atoms with E-state index in [9.17, 15) is 0 Å². The lowest BCUT2D eigenvalue weighted by Gasteiger charge is -2.33. The van der Waals surface area contributed by atoms with Gasteiger partial charge in [-0.1, -0.05) is 135 Å². The fourth-order valence-electron chi connectivity index (χ4n) is 4.99. The highest BCUT2D eigenvalue weighted by atomic mass is 14.4. The molecule has 0 amide bonds. The third kappa shape index (κ3) is 3.42.